The number of anilines is 4. The van der Waals surface area contributed by atoms with Gasteiger partial charge in [-0.2, -0.15) is 0 Å². The van der Waals surface area contributed by atoms with Crippen LogP contribution in [0.1, 0.15) is 33.6 Å². The molecule has 2 heterocycles. The fourth-order valence-electron chi connectivity index (χ4n) is 6.82. The van der Waals surface area contributed by atoms with Crippen molar-refractivity contribution in [3.05, 3.63) is 105 Å². The first-order valence-electron chi connectivity index (χ1n) is 21.4. The summed E-state index contributed by atoms with van der Waals surface area (Å²) in [5.41, 5.74) is 2.83. The van der Waals surface area contributed by atoms with Crippen LogP contribution in [0.2, 0.25) is 20.1 Å². The number of rotatable bonds is 14. The molecule has 0 radical (unpaired) electrons. The molecule has 364 valence electrons. The Morgan fingerprint density at radius 1 is 0.612 bits per heavy atom. The molecule has 0 unspecified atom stereocenters. The average molecular weight is 1040 g/mol. The van der Waals surface area contributed by atoms with Crippen LogP contribution in [-0.2, 0) is 34.4 Å². The lowest BCUT2D eigenvalue weighted by molar-refractivity contribution is -0.117. The number of amides is 3. The molecule has 3 amide bonds. The van der Waals surface area contributed by atoms with E-state index in [1.54, 1.807) is 17.0 Å². The number of carbonyl (C=O) groups excluding carboxylic acids is 3. The standard InChI is InChI=1S/C25H32Cl2N4O5S.C20H24Cl2N4O3S/c1-25(2,3)36-24(33)31-16-14-30(15-17-31)19-10-8-18(9-11-19)28-22(32)12-13-29(4)37(34,35)21-7-5-6-20(26)23(21)27;1-25(30(28,29)18-4-2-3-17(21)20(18)22)12-9-19(27)24-15-5-7-16(8-6-15)26-13-10-23-11-14-26/h5-11H,12-17H2,1-4H3,(H,28,32);2-8,23H,9-14H2,1H3,(H,24,27). The highest BCUT2D eigenvalue weighted by atomic mass is 35.5. The molecule has 0 atom stereocenters. The van der Waals surface area contributed by atoms with E-state index < -0.39 is 25.6 Å². The van der Waals surface area contributed by atoms with Gasteiger partial charge in [-0.15, -0.1) is 0 Å². The van der Waals surface area contributed by atoms with Gasteiger partial charge >= 0.3 is 6.09 Å². The number of hydrogen-bond donors (Lipinski definition) is 3. The summed E-state index contributed by atoms with van der Waals surface area (Å²) < 4.78 is 58.6. The lowest BCUT2D eigenvalue weighted by atomic mass is 10.2. The van der Waals surface area contributed by atoms with Crippen LogP contribution in [0.25, 0.3) is 0 Å². The molecule has 0 saturated carbocycles. The maximum Gasteiger partial charge on any atom is 0.410 e. The van der Waals surface area contributed by atoms with E-state index in [2.05, 4.69) is 25.8 Å². The smallest absolute Gasteiger partial charge is 0.410 e. The predicted molar refractivity (Wildman–Crippen MR) is 267 cm³/mol. The Morgan fingerprint density at radius 3 is 1.39 bits per heavy atom. The maximum atomic E-state index is 12.8. The second-order valence-corrected chi connectivity index (χ2v) is 22.2. The minimum atomic E-state index is -3.90. The number of halogens is 4. The topological polar surface area (TPSA) is 181 Å². The SMILES string of the molecule is CN(CCC(=O)Nc1ccc(N2CCN(C(=O)OC(C)(C)C)CC2)cc1)S(=O)(=O)c1cccc(Cl)c1Cl.CN(CCC(=O)Nc1ccc(N2CCNCC2)cc1)S(=O)(=O)c1cccc(Cl)c1Cl. The number of carbonyl (C=O) groups is 3. The molecule has 6 rings (SSSR count). The number of nitrogens with one attached hydrogen (secondary N) is 3. The Kier molecular flexibility index (Phi) is 19.0. The van der Waals surface area contributed by atoms with Gasteiger partial charge in [-0.3, -0.25) is 9.59 Å². The Hall–Kier alpha value is -4.37. The number of sulfonamides is 2. The summed E-state index contributed by atoms with van der Waals surface area (Å²) in [6.45, 7) is 11.8. The zero-order valence-electron chi connectivity index (χ0n) is 37.9. The molecular formula is C45H56Cl4N8O8S2. The number of benzene rings is 4. The van der Waals surface area contributed by atoms with Crippen molar-refractivity contribution in [1.29, 1.82) is 0 Å². The van der Waals surface area contributed by atoms with Crippen molar-refractivity contribution in [2.75, 3.05) is 100.0 Å². The van der Waals surface area contributed by atoms with Crippen LogP contribution in [-0.4, -0.2) is 133 Å². The fourth-order valence-corrected chi connectivity index (χ4v) is 10.6. The van der Waals surface area contributed by atoms with E-state index in [0.717, 1.165) is 46.2 Å². The van der Waals surface area contributed by atoms with Crippen LogP contribution in [0.3, 0.4) is 0 Å². The summed E-state index contributed by atoms with van der Waals surface area (Å²) in [7, 11) is -4.96. The molecule has 4 aromatic rings. The third-order valence-electron chi connectivity index (χ3n) is 10.6. The first-order valence-corrected chi connectivity index (χ1v) is 25.7. The largest absolute Gasteiger partial charge is 0.444 e. The second-order valence-electron chi connectivity index (χ2n) is 16.6. The van der Waals surface area contributed by atoms with E-state index in [9.17, 15) is 31.2 Å². The molecule has 22 heteroatoms. The van der Waals surface area contributed by atoms with E-state index in [-0.39, 0.29) is 73.7 Å². The number of piperazine rings is 2. The van der Waals surface area contributed by atoms with Gasteiger partial charge in [-0.25, -0.2) is 30.2 Å². The molecule has 67 heavy (non-hydrogen) atoms. The molecule has 3 N–H and O–H groups in total. The molecule has 2 aliphatic rings. The van der Waals surface area contributed by atoms with E-state index in [4.69, 9.17) is 51.1 Å². The first-order chi connectivity index (χ1) is 31.6. The first kappa shape index (κ1) is 53.6. The Morgan fingerprint density at radius 2 is 1.00 bits per heavy atom. The van der Waals surface area contributed by atoms with Crippen LogP contribution in [0.5, 0.6) is 0 Å². The van der Waals surface area contributed by atoms with Gasteiger partial charge in [0.1, 0.15) is 15.4 Å². The third kappa shape index (κ3) is 15.1. The van der Waals surface area contributed by atoms with Gasteiger partial charge in [0.2, 0.25) is 31.9 Å². The number of ether oxygens (including phenoxy) is 1. The summed E-state index contributed by atoms with van der Waals surface area (Å²) >= 11 is 24.0. The molecule has 0 spiro atoms. The van der Waals surface area contributed by atoms with Crippen molar-refractivity contribution in [3.63, 3.8) is 0 Å². The summed E-state index contributed by atoms with van der Waals surface area (Å²) in [4.78, 5) is 42.9. The highest BCUT2D eigenvalue weighted by molar-refractivity contribution is 7.89. The summed E-state index contributed by atoms with van der Waals surface area (Å²) in [5.74, 6) is -0.595. The van der Waals surface area contributed by atoms with Gasteiger partial charge in [0.05, 0.1) is 20.1 Å². The van der Waals surface area contributed by atoms with Crippen molar-refractivity contribution in [2.45, 2.75) is 49.0 Å². The molecule has 0 aliphatic carbocycles. The third-order valence-corrected chi connectivity index (χ3v) is 16.3. The Labute approximate surface area is 413 Å². The van der Waals surface area contributed by atoms with Crippen LogP contribution in [0, 0.1) is 0 Å². The van der Waals surface area contributed by atoms with Crippen LogP contribution in [0.4, 0.5) is 27.5 Å². The van der Waals surface area contributed by atoms with Gasteiger partial charge in [0.25, 0.3) is 0 Å². The highest BCUT2D eigenvalue weighted by Gasteiger charge is 2.28. The van der Waals surface area contributed by atoms with E-state index >= 15 is 0 Å². The average Bonchev–Trinajstić information content (AvgIpc) is 3.29. The van der Waals surface area contributed by atoms with Crippen LogP contribution < -0.4 is 25.8 Å². The molecule has 4 aromatic carbocycles. The summed E-state index contributed by atoms with van der Waals surface area (Å²) in [6.07, 6.45) is -0.338. The van der Waals surface area contributed by atoms with Crippen molar-refractivity contribution >= 4 is 107 Å². The van der Waals surface area contributed by atoms with Crippen molar-refractivity contribution in [3.8, 4) is 0 Å². The molecule has 16 nitrogen and oxygen atoms in total. The lowest BCUT2D eigenvalue weighted by Gasteiger charge is -2.36. The van der Waals surface area contributed by atoms with Gasteiger partial charge in [-0.1, -0.05) is 58.5 Å². The van der Waals surface area contributed by atoms with Gasteiger partial charge in [-0.05, 0) is 93.6 Å². The lowest BCUT2D eigenvalue weighted by Crippen LogP contribution is -2.50. The molecule has 0 bridgehead atoms. The minimum Gasteiger partial charge on any atom is -0.444 e. The molecule has 2 fully saturated rings. The normalized spacial score (nSPS) is 14.6. The van der Waals surface area contributed by atoms with Gasteiger partial charge in [0, 0.05) is 115 Å². The molecule has 0 aromatic heterocycles. The predicted octanol–water partition coefficient (Wildman–Crippen LogP) is 7.75. The van der Waals surface area contributed by atoms with E-state index in [1.807, 2.05) is 57.2 Å². The second kappa shape index (κ2) is 23.8. The minimum absolute atomic E-state index is 0.00740. The highest BCUT2D eigenvalue weighted by Crippen LogP contribution is 2.32. The van der Waals surface area contributed by atoms with Crippen molar-refractivity contribution < 1.29 is 36.0 Å². The molecular weight excluding hydrogens is 986 g/mol. The zero-order chi connectivity index (χ0) is 49.1. The molecule has 2 aliphatic heterocycles. The summed E-state index contributed by atoms with van der Waals surface area (Å²) in [6, 6.07) is 23.8. The monoisotopic (exact) mass is 1040 g/mol. The van der Waals surface area contributed by atoms with Crippen LogP contribution in [0.15, 0.2) is 94.7 Å². The number of hydrogen-bond acceptors (Lipinski definition) is 11. The van der Waals surface area contributed by atoms with E-state index in [0.29, 0.717) is 37.6 Å². The quantitative estimate of drug-likeness (QED) is 0.112. The summed E-state index contributed by atoms with van der Waals surface area (Å²) in [5, 5.41) is 9.12. The van der Waals surface area contributed by atoms with Crippen molar-refractivity contribution in [1.82, 2.24) is 18.8 Å². The van der Waals surface area contributed by atoms with Gasteiger partial charge in [0.15, 0.2) is 0 Å². The molecule has 2 saturated heterocycles. The Balaban J connectivity index is 0.000000256. The number of nitrogens with zero attached hydrogens (tertiary/aromatic N) is 5. The van der Waals surface area contributed by atoms with Gasteiger partial charge < -0.3 is 35.4 Å². The maximum absolute atomic E-state index is 12.8. The fraction of sp³-hybridized carbons (Fsp3) is 0.400. The van der Waals surface area contributed by atoms with Crippen molar-refractivity contribution in [2.24, 2.45) is 0 Å². The zero-order valence-corrected chi connectivity index (χ0v) is 42.6. The Bertz CT molecular complexity index is 2570. The van der Waals surface area contributed by atoms with E-state index in [1.165, 1.54) is 50.5 Å². The van der Waals surface area contributed by atoms with Crippen LogP contribution >= 0.6 is 46.4 Å².